The number of carbonyl (C=O) groups excluding carboxylic acids is 1. The smallest absolute Gasteiger partial charge is 0.389 e. The first-order valence-electron chi connectivity index (χ1n) is 6.07. The number of nitrogens with zero attached hydrogens (tertiary/aromatic N) is 4. The summed E-state index contributed by atoms with van der Waals surface area (Å²) in [5, 5.41) is 23.1. The van der Waals surface area contributed by atoms with E-state index < -0.39 is 16.8 Å². The summed E-state index contributed by atoms with van der Waals surface area (Å²) in [6.07, 6.45) is 1.35. The van der Waals surface area contributed by atoms with E-state index in [9.17, 15) is 19.7 Å². The van der Waals surface area contributed by atoms with E-state index in [4.69, 9.17) is 5.11 Å². The van der Waals surface area contributed by atoms with Gasteiger partial charge in [-0.1, -0.05) is 6.92 Å². The molecule has 1 saturated heterocycles. The zero-order valence-electron chi connectivity index (χ0n) is 10.8. The van der Waals surface area contributed by atoms with Crippen molar-refractivity contribution < 1.29 is 19.6 Å². The maximum Gasteiger partial charge on any atom is 0.389 e. The molecule has 0 bridgehead atoms. The third kappa shape index (κ3) is 2.76. The van der Waals surface area contributed by atoms with Crippen molar-refractivity contribution in [3.05, 3.63) is 22.4 Å². The molecule has 1 aliphatic heterocycles. The maximum atomic E-state index is 12.0. The predicted octanol–water partition coefficient (Wildman–Crippen LogP) is -0.0296. The van der Waals surface area contributed by atoms with Crippen LogP contribution in [0.2, 0.25) is 0 Å². The number of rotatable bonds is 4. The van der Waals surface area contributed by atoms with Crippen LogP contribution in [0.15, 0.2) is 12.3 Å². The number of carbonyl (C=O) groups is 2. The van der Waals surface area contributed by atoms with Gasteiger partial charge in [0.05, 0.1) is 23.3 Å². The molecule has 108 valence electrons. The minimum absolute atomic E-state index is 0.108. The molecule has 0 radical (unpaired) electrons. The SMILES string of the molecule is C[C@@H]1CN(C(=O)Cn2ccc([N+](=O)[O-])n2)C[C@H]1C(=O)O. The summed E-state index contributed by atoms with van der Waals surface area (Å²) in [7, 11) is 0. The fourth-order valence-electron chi connectivity index (χ4n) is 2.27. The van der Waals surface area contributed by atoms with Crippen LogP contribution in [-0.4, -0.2) is 49.7 Å². The third-order valence-corrected chi connectivity index (χ3v) is 3.39. The Kier molecular flexibility index (Phi) is 3.68. The number of nitro groups is 1. The van der Waals surface area contributed by atoms with E-state index in [-0.39, 0.29) is 30.7 Å². The zero-order chi connectivity index (χ0) is 14.9. The topological polar surface area (TPSA) is 119 Å². The summed E-state index contributed by atoms with van der Waals surface area (Å²) in [6.45, 7) is 2.19. The summed E-state index contributed by atoms with van der Waals surface area (Å²) in [4.78, 5) is 34.3. The van der Waals surface area contributed by atoms with Crippen molar-refractivity contribution in [3.8, 4) is 0 Å². The first-order chi connectivity index (χ1) is 9.38. The summed E-state index contributed by atoms with van der Waals surface area (Å²) < 4.78 is 1.18. The van der Waals surface area contributed by atoms with Gasteiger partial charge in [0.15, 0.2) is 0 Å². The molecule has 0 aliphatic carbocycles. The molecule has 2 atom stereocenters. The van der Waals surface area contributed by atoms with E-state index in [0.29, 0.717) is 6.54 Å². The number of aliphatic carboxylic acids is 1. The van der Waals surface area contributed by atoms with Crippen molar-refractivity contribution in [2.45, 2.75) is 13.5 Å². The largest absolute Gasteiger partial charge is 0.481 e. The molecule has 1 aromatic rings. The average molecular weight is 282 g/mol. The molecule has 0 aromatic carbocycles. The number of likely N-dealkylation sites (tertiary alicyclic amines) is 1. The van der Waals surface area contributed by atoms with Crippen molar-refractivity contribution in [1.82, 2.24) is 14.7 Å². The van der Waals surface area contributed by atoms with Crippen LogP contribution in [0.25, 0.3) is 0 Å². The first kappa shape index (κ1) is 14.0. The third-order valence-electron chi connectivity index (χ3n) is 3.39. The number of carboxylic acid groups (broad SMARTS) is 1. The van der Waals surface area contributed by atoms with Crippen LogP contribution in [0, 0.1) is 22.0 Å². The summed E-state index contributed by atoms with van der Waals surface area (Å²) in [5.41, 5.74) is 0. The molecular weight excluding hydrogens is 268 g/mol. The molecule has 0 spiro atoms. The fourth-order valence-corrected chi connectivity index (χ4v) is 2.27. The molecule has 1 N–H and O–H groups in total. The predicted molar refractivity (Wildman–Crippen MR) is 65.8 cm³/mol. The summed E-state index contributed by atoms with van der Waals surface area (Å²) in [6, 6.07) is 1.21. The highest BCUT2D eigenvalue weighted by Gasteiger charge is 2.37. The molecule has 0 unspecified atom stereocenters. The number of hydrogen-bond donors (Lipinski definition) is 1. The van der Waals surface area contributed by atoms with Gasteiger partial charge in [-0.25, -0.2) is 0 Å². The van der Waals surface area contributed by atoms with Crippen LogP contribution in [0.5, 0.6) is 0 Å². The normalized spacial score (nSPS) is 21.9. The molecule has 9 heteroatoms. The van der Waals surface area contributed by atoms with Gasteiger partial charge in [-0.3, -0.25) is 9.59 Å². The van der Waals surface area contributed by atoms with Gasteiger partial charge >= 0.3 is 11.8 Å². The van der Waals surface area contributed by atoms with Gasteiger partial charge in [-0.05, 0) is 10.8 Å². The molecule has 1 aromatic heterocycles. The molecule has 2 heterocycles. The molecule has 20 heavy (non-hydrogen) atoms. The maximum absolute atomic E-state index is 12.0. The Labute approximate surface area is 113 Å². The van der Waals surface area contributed by atoms with Gasteiger partial charge < -0.3 is 20.1 Å². The minimum atomic E-state index is -0.914. The monoisotopic (exact) mass is 282 g/mol. The Bertz CT molecular complexity index is 555. The van der Waals surface area contributed by atoms with E-state index in [0.717, 1.165) is 0 Å². The summed E-state index contributed by atoms with van der Waals surface area (Å²) in [5.74, 6) is -2.20. The fraction of sp³-hybridized carbons (Fsp3) is 0.545. The van der Waals surface area contributed by atoms with Crippen LogP contribution in [0.1, 0.15) is 6.92 Å². The molecule has 9 nitrogen and oxygen atoms in total. The van der Waals surface area contributed by atoms with Crippen molar-refractivity contribution in [3.63, 3.8) is 0 Å². The number of aromatic nitrogens is 2. The van der Waals surface area contributed by atoms with Crippen molar-refractivity contribution in [2.24, 2.45) is 11.8 Å². The van der Waals surface area contributed by atoms with Gasteiger partial charge in [0.25, 0.3) is 0 Å². The lowest BCUT2D eigenvalue weighted by Gasteiger charge is -2.14. The number of carboxylic acids is 1. The molecule has 0 saturated carbocycles. The highest BCUT2D eigenvalue weighted by Crippen LogP contribution is 2.23. The zero-order valence-corrected chi connectivity index (χ0v) is 10.8. The second-order valence-electron chi connectivity index (χ2n) is 4.85. The lowest BCUT2D eigenvalue weighted by molar-refractivity contribution is -0.389. The number of amides is 1. The Morgan fingerprint density at radius 2 is 2.25 bits per heavy atom. The molecule has 1 fully saturated rings. The van der Waals surface area contributed by atoms with Gasteiger partial charge in [0, 0.05) is 13.1 Å². The van der Waals surface area contributed by atoms with E-state index in [2.05, 4.69) is 5.10 Å². The Morgan fingerprint density at radius 3 is 2.75 bits per heavy atom. The second kappa shape index (κ2) is 5.27. The minimum Gasteiger partial charge on any atom is -0.481 e. The van der Waals surface area contributed by atoms with Crippen LogP contribution < -0.4 is 0 Å². The van der Waals surface area contributed by atoms with Crippen LogP contribution in [0.3, 0.4) is 0 Å². The van der Waals surface area contributed by atoms with Gasteiger partial charge in [-0.15, -0.1) is 0 Å². The van der Waals surface area contributed by atoms with Crippen molar-refractivity contribution >= 4 is 17.7 Å². The van der Waals surface area contributed by atoms with Crippen LogP contribution in [0.4, 0.5) is 5.82 Å². The van der Waals surface area contributed by atoms with Crippen LogP contribution in [-0.2, 0) is 16.1 Å². The van der Waals surface area contributed by atoms with E-state index >= 15 is 0 Å². The van der Waals surface area contributed by atoms with Gasteiger partial charge in [0.2, 0.25) is 5.91 Å². The Hall–Kier alpha value is -2.45. The molecule has 2 rings (SSSR count). The lowest BCUT2D eigenvalue weighted by atomic mass is 9.99. The van der Waals surface area contributed by atoms with E-state index in [1.165, 1.54) is 21.8 Å². The molecule has 1 amide bonds. The summed E-state index contributed by atoms with van der Waals surface area (Å²) >= 11 is 0. The number of hydrogen-bond acceptors (Lipinski definition) is 5. The van der Waals surface area contributed by atoms with Crippen molar-refractivity contribution in [1.29, 1.82) is 0 Å². The van der Waals surface area contributed by atoms with Gasteiger partial charge in [0.1, 0.15) is 6.54 Å². The average Bonchev–Trinajstić information content (AvgIpc) is 2.95. The second-order valence-corrected chi connectivity index (χ2v) is 4.85. The van der Waals surface area contributed by atoms with E-state index in [1.807, 2.05) is 0 Å². The quantitative estimate of drug-likeness (QED) is 0.612. The lowest BCUT2D eigenvalue weighted by Crippen LogP contribution is -2.33. The standard InChI is InChI=1S/C11H14N4O5/c1-7-4-13(5-8(7)11(17)18)10(16)6-14-3-2-9(12-14)15(19)20/h2-3,7-8H,4-6H2,1H3,(H,17,18)/t7-,8-/m1/s1. The van der Waals surface area contributed by atoms with E-state index in [1.54, 1.807) is 6.92 Å². The Balaban J connectivity index is 1.98. The Morgan fingerprint density at radius 1 is 1.55 bits per heavy atom. The van der Waals surface area contributed by atoms with Crippen LogP contribution >= 0.6 is 0 Å². The van der Waals surface area contributed by atoms with Crippen molar-refractivity contribution in [2.75, 3.05) is 13.1 Å². The highest BCUT2D eigenvalue weighted by molar-refractivity contribution is 5.78. The van der Waals surface area contributed by atoms with Gasteiger partial charge in [-0.2, -0.15) is 4.68 Å². The highest BCUT2D eigenvalue weighted by atomic mass is 16.6. The first-order valence-corrected chi connectivity index (χ1v) is 6.07. The molecule has 1 aliphatic rings. The molecular formula is C11H14N4O5.